The van der Waals surface area contributed by atoms with Crippen molar-refractivity contribution in [1.82, 2.24) is 0 Å². The largest absolute Gasteiger partial charge is 0.293 e. The standard InChI is InChI=1S/C12H13NO3S/c1-8-4-2-5-9(13(15)16)11(8)12(14)10-6-3-7-17-10/h2,4-5,10H,3,6-7H2,1H3. The zero-order valence-corrected chi connectivity index (χ0v) is 10.3. The van der Waals surface area contributed by atoms with E-state index < -0.39 is 4.92 Å². The molecule has 0 spiro atoms. The summed E-state index contributed by atoms with van der Waals surface area (Å²) in [7, 11) is 0. The molecule has 1 atom stereocenters. The fourth-order valence-electron chi connectivity index (χ4n) is 2.07. The lowest BCUT2D eigenvalue weighted by molar-refractivity contribution is -0.385. The molecule has 0 N–H and O–H groups in total. The number of nitro groups is 1. The lowest BCUT2D eigenvalue weighted by Gasteiger charge is -2.10. The van der Waals surface area contributed by atoms with Crippen LogP contribution in [0.15, 0.2) is 18.2 Å². The van der Waals surface area contributed by atoms with Gasteiger partial charge in [-0.15, -0.1) is 0 Å². The Hall–Kier alpha value is -1.36. The Bertz CT molecular complexity index is 467. The number of carbonyl (C=O) groups excluding carboxylic acids is 1. The third-order valence-corrected chi connectivity index (χ3v) is 4.29. The van der Waals surface area contributed by atoms with E-state index in [9.17, 15) is 14.9 Å². The SMILES string of the molecule is Cc1cccc([N+](=O)[O-])c1C(=O)C1CCCS1. The molecule has 1 aliphatic heterocycles. The number of ketones is 1. The fourth-order valence-corrected chi connectivity index (χ4v) is 3.29. The Morgan fingerprint density at radius 1 is 1.53 bits per heavy atom. The van der Waals surface area contributed by atoms with Gasteiger partial charge in [0.25, 0.3) is 5.69 Å². The third-order valence-electron chi connectivity index (χ3n) is 2.92. The quantitative estimate of drug-likeness (QED) is 0.470. The van der Waals surface area contributed by atoms with Gasteiger partial charge in [-0.25, -0.2) is 0 Å². The average molecular weight is 251 g/mol. The van der Waals surface area contributed by atoms with Gasteiger partial charge in [-0.1, -0.05) is 12.1 Å². The van der Waals surface area contributed by atoms with Crippen molar-refractivity contribution in [3.63, 3.8) is 0 Å². The first-order chi connectivity index (χ1) is 8.11. The molecule has 1 aliphatic rings. The highest BCUT2D eigenvalue weighted by atomic mass is 32.2. The van der Waals surface area contributed by atoms with E-state index in [1.165, 1.54) is 6.07 Å². The Labute approximate surface area is 104 Å². The van der Waals surface area contributed by atoms with Crippen LogP contribution in [0.1, 0.15) is 28.8 Å². The van der Waals surface area contributed by atoms with Gasteiger partial charge in [-0.2, -0.15) is 11.8 Å². The van der Waals surface area contributed by atoms with E-state index in [1.54, 1.807) is 30.8 Å². The normalized spacial score (nSPS) is 19.2. The first-order valence-electron chi connectivity index (χ1n) is 5.51. The molecule has 1 saturated heterocycles. The van der Waals surface area contributed by atoms with Crippen molar-refractivity contribution in [3.05, 3.63) is 39.4 Å². The molecule has 1 fully saturated rings. The smallest absolute Gasteiger partial charge is 0.280 e. The maximum Gasteiger partial charge on any atom is 0.280 e. The lowest BCUT2D eigenvalue weighted by Crippen LogP contribution is -2.17. The van der Waals surface area contributed by atoms with E-state index in [-0.39, 0.29) is 22.3 Å². The number of carbonyl (C=O) groups is 1. The van der Waals surface area contributed by atoms with Crippen LogP contribution in [0.3, 0.4) is 0 Å². The van der Waals surface area contributed by atoms with Crippen LogP contribution < -0.4 is 0 Å². The van der Waals surface area contributed by atoms with Crippen molar-refractivity contribution in [2.45, 2.75) is 25.0 Å². The van der Waals surface area contributed by atoms with Gasteiger partial charge in [0.15, 0.2) is 5.78 Å². The average Bonchev–Trinajstić information content (AvgIpc) is 2.81. The number of thioether (sulfide) groups is 1. The van der Waals surface area contributed by atoms with Crippen molar-refractivity contribution in [2.24, 2.45) is 0 Å². The van der Waals surface area contributed by atoms with Crippen molar-refractivity contribution >= 4 is 23.2 Å². The minimum Gasteiger partial charge on any atom is -0.293 e. The topological polar surface area (TPSA) is 60.2 Å². The zero-order chi connectivity index (χ0) is 12.4. The molecule has 1 heterocycles. The minimum atomic E-state index is -0.472. The highest BCUT2D eigenvalue weighted by Crippen LogP contribution is 2.32. The van der Waals surface area contributed by atoms with Crippen LogP contribution in [0.25, 0.3) is 0 Å². The molecular formula is C12H13NO3S. The second-order valence-electron chi connectivity index (χ2n) is 4.09. The molecule has 2 rings (SSSR count). The molecule has 1 aromatic carbocycles. The molecule has 1 aromatic rings. The summed E-state index contributed by atoms with van der Waals surface area (Å²) >= 11 is 1.60. The van der Waals surface area contributed by atoms with Gasteiger partial charge in [0.1, 0.15) is 0 Å². The van der Waals surface area contributed by atoms with Crippen LogP contribution in [0.4, 0.5) is 5.69 Å². The number of Topliss-reactive ketones (excluding diaryl/α,β-unsaturated/α-hetero) is 1. The van der Waals surface area contributed by atoms with Crippen molar-refractivity contribution in [2.75, 3.05) is 5.75 Å². The predicted octanol–water partition coefficient (Wildman–Crippen LogP) is 2.98. The number of nitrogens with zero attached hydrogens (tertiary/aromatic N) is 1. The van der Waals surface area contributed by atoms with Crippen LogP contribution in [-0.4, -0.2) is 21.7 Å². The number of hydrogen-bond donors (Lipinski definition) is 0. The summed E-state index contributed by atoms with van der Waals surface area (Å²) in [5.41, 5.74) is 0.913. The molecular weight excluding hydrogens is 238 g/mol. The Kier molecular flexibility index (Phi) is 3.47. The van der Waals surface area contributed by atoms with Gasteiger partial charge in [0.05, 0.1) is 15.7 Å². The molecule has 90 valence electrons. The summed E-state index contributed by atoms with van der Waals surface area (Å²) in [6, 6.07) is 4.77. The van der Waals surface area contributed by atoms with Crippen LogP contribution in [0, 0.1) is 17.0 Å². The van der Waals surface area contributed by atoms with E-state index in [2.05, 4.69) is 0 Å². The van der Waals surface area contributed by atoms with E-state index >= 15 is 0 Å². The second kappa shape index (κ2) is 4.87. The minimum absolute atomic E-state index is 0.0671. The zero-order valence-electron chi connectivity index (χ0n) is 9.51. The Morgan fingerprint density at radius 3 is 2.88 bits per heavy atom. The number of nitro benzene ring substituents is 1. The molecule has 0 aliphatic carbocycles. The molecule has 0 bridgehead atoms. The van der Waals surface area contributed by atoms with E-state index in [1.807, 2.05) is 0 Å². The predicted molar refractivity (Wildman–Crippen MR) is 67.6 cm³/mol. The maximum absolute atomic E-state index is 12.3. The van der Waals surface area contributed by atoms with E-state index in [0.29, 0.717) is 5.56 Å². The summed E-state index contributed by atoms with van der Waals surface area (Å²) in [6.45, 7) is 1.75. The molecule has 0 amide bonds. The summed E-state index contributed by atoms with van der Waals surface area (Å²) in [4.78, 5) is 22.7. The van der Waals surface area contributed by atoms with Gasteiger partial charge in [-0.05, 0) is 31.1 Å². The van der Waals surface area contributed by atoms with Gasteiger partial charge in [-0.3, -0.25) is 14.9 Å². The first-order valence-corrected chi connectivity index (χ1v) is 6.56. The van der Waals surface area contributed by atoms with E-state index in [4.69, 9.17) is 0 Å². The molecule has 0 aromatic heterocycles. The fraction of sp³-hybridized carbons (Fsp3) is 0.417. The maximum atomic E-state index is 12.3. The van der Waals surface area contributed by atoms with Crippen LogP contribution in [0.2, 0.25) is 0 Å². The number of hydrogen-bond acceptors (Lipinski definition) is 4. The lowest BCUT2D eigenvalue weighted by atomic mass is 9.99. The summed E-state index contributed by atoms with van der Waals surface area (Å²) in [5.74, 6) is 0.883. The highest BCUT2D eigenvalue weighted by molar-refractivity contribution is 8.00. The first kappa shape index (κ1) is 12.1. The van der Waals surface area contributed by atoms with Crippen LogP contribution >= 0.6 is 11.8 Å². The summed E-state index contributed by atoms with van der Waals surface area (Å²) < 4.78 is 0. The highest BCUT2D eigenvalue weighted by Gasteiger charge is 2.30. The van der Waals surface area contributed by atoms with Crippen molar-refractivity contribution in [1.29, 1.82) is 0 Å². The molecule has 4 nitrogen and oxygen atoms in total. The summed E-state index contributed by atoms with van der Waals surface area (Å²) in [6.07, 6.45) is 1.84. The number of aryl methyl sites for hydroxylation is 1. The Balaban J connectivity index is 2.42. The van der Waals surface area contributed by atoms with Crippen molar-refractivity contribution in [3.8, 4) is 0 Å². The number of rotatable bonds is 3. The Morgan fingerprint density at radius 2 is 2.29 bits per heavy atom. The van der Waals surface area contributed by atoms with Crippen molar-refractivity contribution < 1.29 is 9.72 Å². The van der Waals surface area contributed by atoms with Crippen LogP contribution in [-0.2, 0) is 0 Å². The van der Waals surface area contributed by atoms with E-state index in [0.717, 1.165) is 18.6 Å². The van der Waals surface area contributed by atoms with Gasteiger partial charge in [0.2, 0.25) is 0 Å². The monoisotopic (exact) mass is 251 g/mol. The molecule has 0 radical (unpaired) electrons. The van der Waals surface area contributed by atoms with Crippen LogP contribution in [0.5, 0.6) is 0 Å². The van der Waals surface area contributed by atoms with Gasteiger partial charge in [0, 0.05) is 6.07 Å². The van der Waals surface area contributed by atoms with Gasteiger partial charge >= 0.3 is 0 Å². The number of benzene rings is 1. The second-order valence-corrected chi connectivity index (χ2v) is 5.40. The molecule has 17 heavy (non-hydrogen) atoms. The molecule has 0 saturated carbocycles. The molecule has 5 heteroatoms. The third kappa shape index (κ3) is 2.34. The summed E-state index contributed by atoms with van der Waals surface area (Å²) in [5, 5.41) is 10.8. The van der Waals surface area contributed by atoms with Gasteiger partial charge < -0.3 is 0 Å². The molecule has 1 unspecified atom stereocenters.